The van der Waals surface area contributed by atoms with E-state index in [-0.39, 0.29) is 11.8 Å². The fourth-order valence-corrected chi connectivity index (χ4v) is 1.41. The van der Waals surface area contributed by atoms with Gasteiger partial charge in [-0.3, -0.25) is 4.79 Å². The monoisotopic (exact) mass is 234 g/mol. The molecule has 0 N–H and O–H groups in total. The average molecular weight is 234 g/mol. The number of hydrogen-bond donors (Lipinski definition) is 0. The Morgan fingerprint density at radius 3 is 1.94 bits per heavy atom. The quantitative estimate of drug-likeness (QED) is 0.596. The molecule has 0 aliphatic rings. The maximum absolute atomic E-state index is 12.0. The molecule has 0 unspecified atom stereocenters. The Hall–Kier alpha value is -1.64. The third kappa shape index (κ3) is 3.41. The molecule has 0 heterocycles. The third-order valence-electron chi connectivity index (χ3n) is 2.34. The summed E-state index contributed by atoms with van der Waals surface area (Å²) in [5.74, 6) is -0.296. The van der Waals surface area contributed by atoms with Crippen LogP contribution >= 0.6 is 0 Å². The lowest BCUT2D eigenvalue weighted by Crippen LogP contribution is -2.20. The van der Waals surface area contributed by atoms with Gasteiger partial charge in [-0.25, -0.2) is 4.79 Å². The van der Waals surface area contributed by atoms with E-state index in [9.17, 15) is 9.59 Å². The van der Waals surface area contributed by atoms with Crippen molar-refractivity contribution in [3.05, 3.63) is 35.4 Å². The maximum Gasteiger partial charge on any atom is 0.338 e. The smallest absolute Gasteiger partial charge is 0.338 e. The summed E-state index contributed by atoms with van der Waals surface area (Å²) in [6, 6.07) is 6.58. The van der Waals surface area contributed by atoms with Gasteiger partial charge < -0.3 is 4.74 Å². The number of carbonyl (C=O) groups is 2. The number of hydrogen-bond acceptors (Lipinski definition) is 3. The number of ketones is 1. The molecule has 0 amide bonds. The molecule has 0 saturated carbocycles. The van der Waals surface area contributed by atoms with E-state index in [2.05, 4.69) is 0 Å². The van der Waals surface area contributed by atoms with E-state index in [1.165, 1.54) is 0 Å². The van der Waals surface area contributed by atoms with Crippen molar-refractivity contribution in [2.75, 3.05) is 6.61 Å². The van der Waals surface area contributed by atoms with E-state index < -0.39 is 5.41 Å². The molecular formula is C14H18O3. The molecule has 0 spiro atoms. The summed E-state index contributed by atoms with van der Waals surface area (Å²) in [7, 11) is 0. The first-order valence-corrected chi connectivity index (χ1v) is 5.68. The molecule has 1 rings (SSSR count). The van der Waals surface area contributed by atoms with Crippen LogP contribution in [0.4, 0.5) is 0 Å². The molecule has 0 aromatic heterocycles. The Morgan fingerprint density at radius 1 is 1.06 bits per heavy atom. The van der Waals surface area contributed by atoms with Gasteiger partial charge in [0.25, 0.3) is 0 Å². The average Bonchev–Trinajstić information content (AvgIpc) is 2.27. The molecule has 0 saturated heterocycles. The summed E-state index contributed by atoms with van der Waals surface area (Å²) >= 11 is 0. The summed E-state index contributed by atoms with van der Waals surface area (Å²) in [5, 5.41) is 0. The Kier molecular flexibility index (Phi) is 4.05. The zero-order chi connectivity index (χ0) is 13.1. The Morgan fingerprint density at radius 2 is 1.53 bits per heavy atom. The van der Waals surface area contributed by atoms with E-state index in [0.717, 1.165) is 0 Å². The van der Waals surface area contributed by atoms with Crippen LogP contribution in [-0.4, -0.2) is 18.4 Å². The Balaban J connectivity index is 2.89. The van der Waals surface area contributed by atoms with Gasteiger partial charge in [0.2, 0.25) is 0 Å². The van der Waals surface area contributed by atoms with Crippen LogP contribution in [0.15, 0.2) is 24.3 Å². The maximum atomic E-state index is 12.0. The summed E-state index contributed by atoms with van der Waals surface area (Å²) in [6.07, 6.45) is 0. The van der Waals surface area contributed by atoms with Gasteiger partial charge in [0.15, 0.2) is 5.78 Å². The number of ether oxygens (including phenoxy) is 1. The minimum absolute atomic E-state index is 0.0629. The normalized spacial score (nSPS) is 11.1. The van der Waals surface area contributed by atoms with Crippen molar-refractivity contribution in [1.82, 2.24) is 0 Å². The predicted molar refractivity (Wildman–Crippen MR) is 66.2 cm³/mol. The number of benzene rings is 1. The molecule has 0 atom stereocenters. The predicted octanol–water partition coefficient (Wildman–Crippen LogP) is 3.09. The van der Waals surface area contributed by atoms with Crippen molar-refractivity contribution in [2.24, 2.45) is 5.41 Å². The fraction of sp³-hybridized carbons (Fsp3) is 0.429. The number of Topliss-reactive ketones (excluding diaryl/α,β-unsaturated/α-hetero) is 1. The number of rotatable bonds is 3. The van der Waals surface area contributed by atoms with Crippen LogP contribution in [0.5, 0.6) is 0 Å². The number of carbonyl (C=O) groups excluding carboxylic acids is 2. The number of esters is 1. The molecule has 3 nitrogen and oxygen atoms in total. The second-order valence-corrected chi connectivity index (χ2v) is 4.88. The van der Waals surface area contributed by atoms with E-state index in [4.69, 9.17) is 4.74 Å². The molecule has 0 fully saturated rings. The molecule has 0 aliphatic carbocycles. The van der Waals surface area contributed by atoms with Crippen LogP contribution in [0.1, 0.15) is 48.4 Å². The summed E-state index contributed by atoms with van der Waals surface area (Å²) in [5.41, 5.74) is 0.675. The van der Waals surface area contributed by atoms with Crippen molar-refractivity contribution < 1.29 is 14.3 Å². The second kappa shape index (κ2) is 5.13. The molecule has 0 bridgehead atoms. The lowest BCUT2D eigenvalue weighted by atomic mass is 9.86. The van der Waals surface area contributed by atoms with Crippen LogP contribution in [0.3, 0.4) is 0 Å². The van der Waals surface area contributed by atoms with Gasteiger partial charge in [-0.15, -0.1) is 0 Å². The van der Waals surface area contributed by atoms with Crippen LogP contribution < -0.4 is 0 Å². The SMILES string of the molecule is CCOC(=O)c1ccc(C(=O)C(C)(C)C)cc1. The van der Waals surface area contributed by atoms with E-state index in [1.54, 1.807) is 31.2 Å². The largest absolute Gasteiger partial charge is 0.462 e. The van der Waals surface area contributed by atoms with Crippen molar-refractivity contribution in [2.45, 2.75) is 27.7 Å². The van der Waals surface area contributed by atoms with E-state index in [1.807, 2.05) is 20.8 Å². The molecule has 1 aromatic rings. The molecule has 1 aromatic carbocycles. The van der Waals surface area contributed by atoms with Gasteiger partial charge in [0, 0.05) is 11.0 Å². The minimum Gasteiger partial charge on any atom is -0.462 e. The van der Waals surface area contributed by atoms with Crippen molar-refractivity contribution in [3.8, 4) is 0 Å². The first-order valence-electron chi connectivity index (χ1n) is 5.68. The summed E-state index contributed by atoms with van der Waals surface area (Å²) in [4.78, 5) is 23.4. The standard InChI is InChI=1S/C14H18O3/c1-5-17-13(16)11-8-6-10(7-9-11)12(15)14(2,3)4/h6-9H,5H2,1-4H3. The van der Waals surface area contributed by atoms with Gasteiger partial charge in [-0.1, -0.05) is 32.9 Å². The van der Waals surface area contributed by atoms with Gasteiger partial charge in [0.1, 0.15) is 0 Å². The lowest BCUT2D eigenvalue weighted by molar-refractivity contribution is 0.0526. The first-order chi connectivity index (χ1) is 7.86. The van der Waals surface area contributed by atoms with Gasteiger partial charge in [-0.2, -0.15) is 0 Å². The highest BCUT2D eigenvalue weighted by atomic mass is 16.5. The highest BCUT2D eigenvalue weighted by Crippen LogP contribution is 2.21. The first kappa shape index (κ1) is 13.4. The highest BCUT2D eigenvalue weighted by molar-refractivity contribution is 6.00. The summed E-state index contributed by atoms with van der Waals surface area (Å²) in [6.45, 7) is 7.72. The lowest BCUT2D eigenvalue weighted by Gasteiger charge is -2.16. The third-order valence-corrected chi connectivity index (χ3v) is 2.34. The molecule has 0 radical (unpaired) electrons. The van der Waals surface area contributed by atoms with Crippen molar-refractivity contribution >= 4 is 11.8 Å². The molecule has 3 heteroatoms. The molecule has 17 heavy (non-hydrogen) atoms. The van der Waals surface area contributed by atoms with E-state index in [0.29, 0.717) is 17.7 Å². The van der Waals surface area contributed by atoms with Gasteiger partial charge >= 0.3 is 5.97 Å². The Bertz CT molecular complexity index is 410. The van der Waals surface area contributed by atoms with Crippen molar-refractivity contribution in [3.63, 3.8) is 0 Å². The topological polar surface area (TPSA) is 43.4 Å². The van der Waals surface area contributed by atoms with Crippen molar-refractivity contribution in [1.29, 1.82) is 0 Å². The highest BCUT2D eigenvalue weighted by Gasteiger charge is 2.22. The zero-order valence-electron chi connectivity index (χ0n) is 10.7. The summed E-state index contributed by atoms with van der Waals surface area (Å²) < 4.78 is 4.87. The van der Waals surface area contributed by atoms with E-state index >= 15 is 0 Å². The molecule has 0 aliphatic heterocycles. The second-order valence-electron chi connectivity index (χ2n) is 4.88. The van der Waals surface area contributed by atoms with Crippen LogP contribution in [0, 0.1) is 5.41 Å². The van der Waals surface area contributed by atoms with Gasteiger partial charge in [-0.05, 0) is 19.1 Å². The molecule has 92 valence electrons. The Labute approximate surface area is 102 Å². The van der Waals surface area contributed by atoms with Crippen LogP contribution in [0.25, 0.3) is 0 Å². The fourth-order valence-electron chi connectivity index (χ4n) is 1.41. The van der Waals surface area contributed by atoms with Gasteiger partial charge in [0.05, 0.1) is 12.2 Å². The van der Waals surface area contributed by atoms with Crippen LogP contribution in [-0.2, 0) is 4.74 Å². The minimum atomic E-state index is -0.411. The molecular weight excluding hydrogens is 216 g/mol. The zero-order valence-corrected chi connectivity index (χ0v) is 10.7. The van der Waals surface area contributed by atoms with Crippen LogP contribution in [0.2, 0.25) is 0 Å².